The summed E-state index contributed by atoms with van der Waals surface area (Å²) in [6, 6.07) is 0. The molecule has 1 N–H and O–H groups in total. The van der Waals surface area contributed by atoms with E-state index in [0.29, 0.717) is 6.42 Å². The van der Waals surface area contributed by atoms with Crippen LogP contribution in [0.2, 0.25) is 0 Å². The zero-order valence-corrected chi connectivity index (χ0v) is 29.1. The summed E-state index contributed by atoms with van der Waals surface area (Å²) in [5.74, 6) is -0.653. The topological polar surface area (TPSA) is 37.3 Å². The Hall–Kier alpha value is -2.09. The first-order chi connectivity index (χ1) is 21.8. The van der Waals surface area contributed by atoms with Crippen LogP contribution in [-0.2, 0) is 4.79 Å². The molecule has 0 bridgehead atoms. The van der Waals surface area contributed by atoms with Crippen molar-refractivity contribution >= 4 is 5.97 Å². The SMILES string of the molecule is CC/C=C\C/C=C\C/C=C\C/C=C\C/C=C\C/C=C\CCCCCCCCCCCCCCCCCCCCCCC(=O)O. The van der Waals surface area contributed by atoms with Crippen molar-refractivity contribution in [1.82, 2.24) is 0 Å². The van der Waals surface area contributed by atoms with Crippen molar-refractivity contribution in [1.29, 1.82) is 0 Å². The van der Waals surface area contributed by atoms with Crippen molar-refractivity contribution in [3.05, 3.63) is 72.9 Å². The van der Waals surface area contributed by atoms with Crippen molar-refractivity contribution in [2.24, 2.45) is 0 Å². The van der Waals surface area contributed by atoms with Gasteiger partial charge in [0.2, 0.25) is 0 Å². The number of aliphatic carboxylic acids is 1. The molecule has 0 fully saturated rings. The van der Waals surface area contributed by atoms with E-state index >= 15 is 0 Å². The van der Waals surface area contributed by atoms with Gasteiger partial charge in [-0.25, -0.2) is 0 Å². The van der Waals surface area contributed by atoms with Crippen LogP contribution in [0.5, 0.6) is 0 Å². The molecule has 0 rings (SSSR count). The average Bonchev–Trinajstić information content (AvgIpc) is 3.02. The minimum Gasteiger partial charge on any atom is -0.481 e. The van der Waals surface area contributed by atoms with E-state index in [1.807, 2.05) is 0 Å². The van der Waals surface area contributed by atoms with Gasteiger partial charge in [0.1, 0.15) is 0 Å². The number of carboxylic acids is 1. The van der Waals surface area contributed by atoms with E-state index < -0.39 is 5.97 Å². The van der Waals surface area contributed by atoms with Crippen LogP contribution in [0.15, 0.2) is 72.9 Å². The fraction of sp³-hybridized carbons (Fsp3) is 0.690. The summed E-state index contributed by atoms with van der Waals surface area (Å²) in [6.07, 6.45) is 62.0. The molecule has 0 unspecified atom stereocenters. The molecule has 0 heterocycles. The maximum absolute atomic E-state index is 10.5. The highest BCUT2D eigenvalue weighted by Gasteiger charge is 1.97. The molecule has 0 amide bonds. The Morgan fingerprint density at radius 2 is 0.614 bits per heavy atom. The first-order valence-corrected chi connectivity index (χ1v) is 18.9. The molecule has 0 aliphatic rings. The summed E-state index contributed by atoms with van der Waals surface area (Å²) in [6.45, 7) is 2.17. The molecule has 0 aliphatic carbocycles. The number of rotatable bonds is 34. The van der Waals surface area contributed by atoms with Crippen LogP contribution in [0.3, 0.4) is 0 Å². The summed E-state index contributed by atoms with van der Waals surface area (Å²) < 4.78 is 0. The quantitative estimate of drug-likeness (QED) is 0.0583. The maximum atomic E-state index is 10.5. The fourth-order valence-electron chi connectivity index (χ4n) is 5.36. The second-order valence-electron chi connectivity index (χ2n) is 12.4. The van der Waals surface area contributed by atoms with Crippen molar-refractivity contribution in [2.75, 3.05) is 0 Å². The van der Waals surface area contributed by atoms with Crippen LogP contribution < -0.4 is 0 Å². The van der Waals surface area contributed by atoms with Crippen molar-refractivity contribution in [2.45, 2.75) is 187 Å². The number of hydrogen-bond donors (Lipinski definition) is 1. The van der Waals surface area contributed by atoms with Crippen LogP contribution in [-0.4, -0.2) is 11.1 Å². The molecule has 44 heavy (non-hydrogen) atoms. The maximum Gasteiger partial charge on any atom is 0.303 e. The third-order valence-electron chi connectivity index (χ3n) is 8.11. The Kier molecular flexibility index (Phi) is 37.1. The molecule has 2 nitrogen and oxygen atoms in total. The van der Waals surface area contributed by atoms with Gasteiger partial charge in [-0.3, -0.25) is 4.79 Å². The molecule has 0 atom stereocenters. The van der Waals surface area contributed by atoms with E-state index in [4.69, 9.17) is 5.11 Å². The average molecular weight is 609 g/mol. The monoisotopic (exact) mass is 609 g/mol. The van der Waals surface area contributed by atoms with Crippen molar-refractivity contribution < 1.29 is 9.90 Å². The van der Waals surface area contributed by atoms with Gasteiger partial charge in [-0.1, -0.05) is 195 Å². The van der Waals surface area contributed by atoms with Crippen molar-refractivity contribution in [3.8, 4) is 0 Å². The Labute approximate surface area is 275 Å². The number of carbonyl (C=O) groups is 1. The molecule has 0 aromatic rings. The third-order valence-corrected chi connectivity index (χ3v) is 8.11. The smallest absolute Gasteiger partial charge is 0.303 e. The van der Waals surface area contributed by atoms with Gasteiger partial charge in [0.05, 0.1) is 0 Å². The number of carboxylic acid groups (broad SMARTS) is 1. The standard InChI is InChI=1S/C42H72O2/c1-2-3-4-5-6-7-8-9-10-11-12-13-14-15-16-17-18-19-20-21-22-23-24-25-26-27-28-29-30-31-32-33-34-35-36-37-38-39-40-41-42(43)44/h3-4,6-7,9-10,12-13,15-16,18-19H,2,5,8,11,14,17,20-41H2,1H3,(H,43,44)/b4-3-,7-6-,10-9-,13-12-,16-15-,19-18-. The van der Waals surface area contributed by atoms with Gasteiger partial charge in [0.15, 0.2) is 0 Å². The Morgan fingerprint density at radius 3 is 0.909 bits per heavy atom. The molecule has 0 aliphatic heterocycles. The lowest BCUT2D eigenvalue weighted by Crippen LogP contribution is -1.93. The van der Waals surface area contributed by atoms with Crippen LogP contribution in [0.25, 0.3) is 0 Å². The summed E-state index contributed by atoms with van der Waals surface area (Å²) in [5, 5.41) is 8.64. The van der Waals surface area contributed by atoms with Crippen LogP contribution >= 0.6 is 0 Å². The number of hydrogen-bond acceptors (Lipinski definition) is 1. The lowest BCUT2D eigenvalue weighted by atomic mass is 10.0. The van der Waals surface area contributed by atoms with E-state index in [2.05, 4.69) is 79.8 Å². The van der Waals surface area contributed by atoms with E-state index in [-0.39, 0.29) is 0 Å². The van der Waals surface area contributed by atoms with Crippen LogP contribution in [0, 0.1) is 0 Å². The number of allylic oxidation sites excluding steroid dienone is 12. The minimum absolute atomic E-state index is 0.340. The van der Waals surface area contributed by atoms with Gasteiger partial charge in [0, 0.05) is 6.42 Å². The Morgan fingerprint density at radius 1 is 0.364 bits per heavy atom. The zero-order chi connectivity index (χ0) is 31.9. The second kappa shape index (κ2) is 38.9. The highest BCUT2D eigenvalue weighted by atomic mass is 16.4. The predicted octanol–water partition coefficient (Wildman–Crippen LogP) is 14.4. The van der Waals surface area contributed by atoms with Gasteiger partial charge >= 0.3 is 5.97 Å². The lowest BCUT2D eigenvalue weighted by Gasteiger charge is -2.04. The van der Waals surface area contributed by atoms with Gasteiger partial charge in [-0.2, -0.15) is 0 Å². The summed E-state index contributed by atoms with van der Waals surface area (Å²) in [7, 11) is 0. The van der Waals surface area contributed by atoms with E-state index in [1.54, 1.807) is 0 Å². The molecular weight excluding hydrogens is 536 g/mol. The zero-order valence-electron chi connectivity index (χ0n) is 29.1. The Bertz CT molecular complexity index is 752. The first-order valence-electron chi connectivity index (χ1n) is 18.9. The molecule has 0 aromatic heterocycles. The number of unbranched alkanes of at least 4 members (excludes halogenated alkanes) is 20. The van der Waals surface area contributed by atoms with E-state index in [1.165, 1.54) is 122 Å². The normalized spacial score (nSPS) is 12.6. The molecule has 0 saturated carbocycles. The largest absolute Gasteiger partial charge is 0.481 e. The third kappa shape index (κ3) is 39.9. The highest BCUT2D eigenvalue weighted by Crippen LogP contribution is 2.15. The lowest BCUT2D eigenvalue weighted by molar-refractivity contribution is -0.137. The fourth-order valence-corrected chi connectivity index (χ4v) is 5.36. The molecule has 0 aromatic carbocycles. The summed E-state index contributed by atoms with van der Waals surface area (Å²) in [4.78, 5) is 10.5. The van der Waals surface area contributed by atoms with Crippen LogP contribution in [0.1, 0.15) is 187 Å². The first kappa shape index (κ1) is 41.9. The van der Waals surface area contributed by atoms with Gasteiger partial charge in [-0.15, -0.1) is 0 Å². The minimum atomic E-state index is -0.653. The molecule has 2 heteroatoms. The summed E-state index contributed by atoms with van der Waals surface area (Å²) >= 11 is 0. The second-order valence-corrected chi connectivity index (χ2v) is 12.4. The molecule has 0 saturated heterocycles. The molecule has 0 spiro atoms. The van der Waals surface area contributed by atoms with Crippen LogP contribution in [0.4, 0.5) is 0 Å². The summed E-state index contributed by atoms with van der Waals surface area (Å²) in [5.41, 5.74) is 0. The van der Waals surface area contributed by atoms with E-state index in [9.17, 15) is 4.79 Å². The molecular formula is C42H72O2. The van der Waals surface area contributed by atoms with E-state index in [0.717, 1.165) is 51.4 Å². The molecule has 0 radical (unpaired) electrons. The Balaban J connectivity index is 3.26. The van der Waals surface area contributed by atoms with Gasteiger partial charge in [-0.05, 0) is 57.8 Å². The van der Waals surface area contributed by atoms with Crippen molar-refractivity contribution in [3.63, 3.8) is 0 Å². The highest BCUT2D eigenvalue weighted by molar-refractivity contribution is 5.66. The predicted molar refractivity (Wildman–Crippen MR) is 197 cm³/mol. The van der Waals surface area contributed by atoms with Gasteiger partial charge < -0.3 is 5.11 Å². The molecule has 252 valence electrons. The van der Waals surface area contributed by atoms with Gasteiger partial charge in [0.25, 0.3) is 0 Å².